The van der Waals surface area contributed by atoms with Crippen LogP contribution >= 0.6 is 0 Å². The fourth-order valence-electron chi connectivity index (χ4n) is 2.76. The van der Waals surface area contributed by atoms with Gasteiger partial charge in [-0.2, -0.15) is 0 Å². The lowest BCUT2D eigenvalue weighted by Crippen LogP contribution is -2.11. The molecular formula is C12H15NO4S. The summed E-state index contributed by atoms with van der Waals surface area (Å²) in [5.74, 6) is 1.39. The largest absolute Gasteiger partial charge is 0.454 e. The molecule has 0 saturated heterocycles. The number of benzene rings is 1. The van der Waals surface area contributed by atoms with E-state index in [0.717, 1.165) is 5.56 Å². The predicted molar refractivity (Wildman–Crippen MR) is 66.5 cm³/mol. The molecule has 0 radical (unpaired) electrons. The molecule has 3 atom stereocenters. The van der Waals surface area contributed by atoms with E-state index in [-0.39, 0.29) is 23.9 Å². The molecule has 0 amide bonds. The summed E-state index contributed by atoms with van der Waals surface area (Å²) in [5.41, 5.74) is 6.60. The maximum Gasteiger partial charge on any atom is 0.231 e. The molecule has 1 aliphatic heterocycles. The molecule has 1 aromatic rings. The molecule has 1 fully saturated rings. The number of nitrogens with two attached hydrogens (primary N) is 1. The number of sulfone groups is 1. The van der Waals surface area contributed by atoms with Crippen LogP contribution in [-0.2, 0) is 9.84 Å². The van der Waals surface area contributed by atoms with Crippen LogP contribution in [0, 0.1) is 5.92 Å². The minimum atomic E-state index is -3.05. The van der Waals surface area contributed by atoms with Crippen molar-refractivity contribution < 1.29 is 17.9 Å². The molecule has 1 aromatic carbocycles. The second-order valence-electron chi connectivity index (χ2n) is 4.83. The molecular weight excluding hydrogens is 254 g/mol. The second kappa shape index (κ2) is 3.86. The maximum absolute atomic E-state index is 11.7. The second-order valence-corrected chi connectivity index (χ2v) is 7.04. The SMILES string of the molecule is CS(=O)(=O)[C@H]1[C@H](CN)[C@@H]1c1ccc2c(c1)OCO2. The van der Waals surface area contributed by atoms with Crippen molar-refractivity contribution in [2.24, 2.45) is 11.7 Å². The van der Waals surface area contributed by atoms with Gasteiger partial charge in [0.2, 0.25) is 6.79 Å². The van der Waals surface area contributed by atoms with Crippen molar-refractivity contribution in [2.45, 2.75) is 11.2 Å². The van der Waals surface area contributed by atoms with Gasteiger partial charge in [0.15, 0.2) is 21.3 Å². The highest BCUT2D eigenvalue weighted by atomic mass is 32.2. The van der Waals surface area contributed by atoms with Gasteiger partial charge in [-0.3, -0.25) is 0 Å². The van der Waals surface area contributed by atoms with Gasteiger partial charge in [0, 0.05) is 12.2 Å². The number of hydrogen-bond acceptors (Lipinski definition) is 5. The Kier molecular flexibility index (Phi) is 2.53. The Hall–Kier alpha value is -1.27. The first-order chi connectivity index (χ1) is 8.52. The van der Waals surface area contributed by atoms with Crippen LogP contribution in [0.1, 0.15) is 11.5 Å². The highest BCUT2D eigenvalue weighted by Crippen LogP contribution is 2.52. The molecule has 0 spiro atoms. The van der Waals surface area contributed by atoms with Gasteiger partial charge in [-0.25, -0.2) is 8.42 Å². The molecule has 1 heterocycles. The first-order valence-corrected chi connectivity index (χ1v) is 7.76. The summed E-state index contributed by atoms with van der Waals surface area (Å²) in [6.45, 7) is 0.607. The average molecular weight is 269 g/mol. The highest BCUT2D eigenvalue weighted by molar-refractivity contribution is 7.91. The van der Waals surface area contributed by atoms with Crippen molar-refractivity contribution in [1.29, 1.82) is 0 Å². The van der Waals surface area contributed by atoms with Gasteiger partial charge < -0.3 is 15.2 Å². The zero-order chi connectivity index (χ0) is 12.9. The molecule has 6 heteroatoms. The minimum Gasteiger partial charge on any atom is -0.454 e. The van der Waals surface area contributed by atoms with E-state index in [2.05, 4.69) is 0 Å². The van der Waals surface area contributed by atoms with E-state index in [1.165, 1.54) is 6.26 Å². The maximum atomic E-state index is 11.7. The van der Waals surface area contributed by atoms with Crippen molar-refractivity contribution in [3.05, 3.63) is 23.8 Å². The third-order valence-electron chi connectivity index (χ3n) is 3.64. The van der Waals surface area contributed by atoms with Gasteiger partial charge >= 0.3 is 0 Å². The highest BCUT2D eigenvalue weighted by Gasteiger charge is 2.56. The van der Waals surface area contributed by atoms with Crippen LogP contribution in [-0.4, -0.2) is 33.3 Å². The topological polar surface area (TPSA) is 78.6 Å². The Bertz CT molecular complexity index is 584. The van der Waals surface area contributed by atoms with E-state index in [4.69, 9.17) is 15.2 Å². The molecule has 2 aliphatic rings. The summed E-state index contributed by atoms with van der Waals surface area (Å²) in [6, 6.07) is 5.58. The molecule has 1 saturated carbocycles. The van der Waals surface area contributed by atoms with Crippen molar-refractivity contribution in [2.75, 3.05) is 19.6 Å². The van der Waals surface area contributed by atoms with Crippen LogP contribution in [0.2, 0.25) is 0 Å². The Morgan fingerprint density at radius 2 is 2.06 bits per heavy atom. The summed E-state index contributed by atoms with van der Waals surface area (Å²) in [4.78, 5) is 0. The monoisotopic (exact) mass is 269 g/mol. The van der Waals surface area contributed by atoms with Gasteiger partial charge in [-0.15, -0.1) is 0 Å². The summed E-state index contributed by atoms with van der Waals surface area (Å²) >= 11 is 0. The van der Waals surface area contributed by atoms with Crippen molar-refractivity contribution in [1.82, 2.24) is 0 Å². The quantitative estimate of drug-likeness (QED) is 0.864. The van der Waals surface area contributed by atoms with E-state index in [9.17, 15) is 8.42 Å². The smallest absolute Gasteiger partial charge is 0.231 e. The van der Waals surface area contributed by atoms with E-state index >= 15 is 0 Å². The first kappa shape index (κ1) is 11.8. The molecule has 1 aliphatic carbocycles. The molecule has 0 bridgehead atoms. The summed E-state index contributed by atoms with van der Waals surface area (Å²) in [7, 11) is -3.05. The summed E-state index contributed by atoms with van der Waals surface area (Å²) in [6.07, 6.45) is 1.27. The third-order valence-corrected chi connectivity index (χ3v) is 5.28. The van der Waals surface area contributed by atoms with Crippen LogP contribution in [0.25, 0.3) is 0 Å². The molecule has 0 unspecified atom stereocenters. The average Bonchev–Trinajstić information content (AvgIpc) is 2.90. The van der Waals surface area contributed by atoms with Crippen LogP contribution in [0.15, 0.2) is 18.2 Å². The Balaban J connectivity index is 1.92. The van der Waals surface area contributed by atoms with Gasteiger partial charge in [0.1, 0.15) is 0 Å². The number of ether oxygens (including phenoxy) is 2. The summed E-state index contributed by atoms with van der Waals surface area (Å²) in [5, 5.41) is -0.358. The standard InChI is InChI=1S/C12H15NO4S/c1-18(14,15)12-8(5-13)11(12)7-2-3-9-10(4-7)17-6-16-9/h2-4,8,11-12H,5-6,13H2,1H3/t8-,11+,12+/m1/s1. The van der Waals surface area contributed by atoms with E-state index in [1.807, 2.05) is 18.2 Å². The van der Waals surface area contributed by atoms with Crippen LogP contribution in [0.5, 0.6) is 11.5 Å². The number of fused-ring (bicyclic) bond motifs is 1. The van der Waals surface area contributed by atoms with Crippen LogP contribution in [0.3, 0.4) is 0 Å². The van der Waals surface area contributed by atoms with Crippen molar-refractivity contribution >= 4 is 9.84 Å². The van der Waals surface area contributed by atoms with Gasteiger partial charge in [-0.05, 0) is 30.2 Å². The summed E-state index contributed by atoms with van der Waals surface area (Å²) < 4.78 is 33.9. The Morgan fingerprint density at radius 1 is 1.33 bits per heavy atom. The minimum absolute atomic E-state index is 0.0142. The first-order valence-electron chi connectivity index (χ1n) is 5.81. The van der Waals surface area contributed by atoms with Gasteiger partial charge in [0.25, 0.3) is 0 Å². The van der Waals surface area contributed by atoms with Gasteiger partial charge in [-0.1, -0.05) is 6.07 Å². The normalized spacial score (nSPS) is 29.3. The zero-order valence-corrected chi connectivity index (χ0v) is 10.8. The fourth-order valence-corrected chi connectivity index (χ4v) is 4.48. The lowest BCUT2D eigenvalue weighted by molar-refractivity contribution is 0.174. The van der Waals surface area contributed by atoms with Gasteiger partial charge in [0.05, 0.1) is 5.25 Å². The third kappa shape index (κ3) is 1.76. The van der Waals surface area contributed by atoms with Crippen molar-refractivity contribution in [3.63, 3.8) is 0 Å². The number of hydrogen-bond donors (Lipinski definition) is 1. The molecule has 5 nitrogen and oxygen atoms in total. The molecule has 18 heavy (non-hydrogen) atoms. The van der Waals surface area contributed by atoms with E-state index < -0.39 is 9.84 Å². The Labute approximate surface area is 106 Å². The molecule has 98 valence electrons. The number of rotatable bonds is 3. The van der Waals surface area contributed by atoms with Crippen LogP contribution in [0.4, 0.5) is 0 Å². The fraction of sp³-hybridized carbons (Fsp3) is 0.500. The predicted octanol–water partition coefficient (Wildman–Crippen LogP) is 0.501. The molecule has 0 aromatic heterocycles. The van der Waals surface area contributed by atoms with Crippen molar-refractivity contribution in [3.8, 4) is 11.5 Å². The van der Waals surface area contributed by atoms with E-state index in [0.29, 0.717) is 18.0 Å². The molecule has 3 rings (SSSR count). The Morgan fingerprint density at radius 3 is 2.67 bits per heavy atom. The molecule has 2 N–H and O–H groups in total. The van der Waals surface area contributed by atoms with Crippen LogP contribution < -0.4 is 15.2 Å². The lowest BCUT2D eigenvalue weighted by atomic mass is 10.1. The van der Waals surface area contributed by atoms with E-state index in [1.54, 1.807) is 0 Å². The lowest BCUT2D eigenvalue weighted by Gasteiger charge is -2.02. The zero-order valence-electron chi connectivity index (χ0n) is 10.00.